The first kappa shape index (κ1) is 21.1. The number of ether oxygens (including phenoxy) is 2. The molecule has 1 saturated heterocycles. The molecule has 1 aromatic rings. The molecule has 3 rings (SSSR count). The van der Waals surface area contributed by atoms with Crippen molar-refractivity contribution < 1.29 is 23.9 Å². The van der Waals surface area contributed by atoms with E-state index < -0.39 is 17.9 Å². The van der Waals surface area contributed by atoms with Gasteiger partial charge in [0.25, 0.3) is 0 Å². The quantitative estimate of drug-likeness (QED) is 0.634. The molecule has 156 valence electrons. The minimum Gasteiger partial charge on any atom is -0.466 e. The zero-order valence-electron chi connectivity index (χ0n) is 17.0. The monoisotopic (exact) mass is 418 g/mol. The summed E-state index contributed by atoms with van der Waals surface area (Å²) in [6, 6.07) is 3.89. The summed E-state index contributed by atoms with van der Waals surface area (Å²) in [6.07, 6.45) is 5.73. The smallest absolute Gasteiger partial charge is 0.336 e. The van der Waals surface area contributed by atoms with Crippen molar-refractivity contribution in [3.8, 4) is 0 Å². The van der Waals surface area contributed by atoms with Crippen LogP contribution in [0, 0.1) is 6.92 Å². The van der Waals surface area contributed by atoms with E-state index >= 15 is 0 Å². The van der Waals surface area contributed by atoms with Gasteiger partial charge in [-0.3, -0.25) is 4.79 Å². The number of hydrogen-bond acceptors (Lipinski definition) is 7. The number of carbonyl (C=O) groups excluding carboxylic acids is 3. The average Bonchev–Trinajstić information content (AvgIpc) is 3.34. The Labute approximate surface area is 174 Å². The van der Waals surface area contributed by atoms with Crippen LogP contribution in [0.5, 0.6) is 0 Å². The molecule has 0 radical (unpaired) electrons. The Balaban J connectivity index is 1.85. The van der Waals surface area contributed by atoms with E-state index in [-0.39, 0.29) is 5.91 Å². The Morgan fingerprint density at radius 1 is 1.10 bits per heavy atom. The largest absolute Gasteiger partial charge is 0.466 e. The molecule has 7 nitrogen and oxygen atoms in total. The first-order valence-electron chi connectivity index (χ1n) is 9.64. The van der Waals surface area contributed by atoms with Gasteiger partial charge in [0, 0.05) is 48.2 Å². The van der Waals surface area contributed by atoms with Gasteiger partial charge in [-0.05, 0) is 31.9 Å². The lowest BCUT2D eigenvalue weighted by atomic mass is 9.88. The third-order valence-electron chi connectivity index (χ3n) is 5.14. The lowest BCUT2D eigenvalue weighted by molar-refractivity contribution is -0.137. The lowest BCUT2D eigenvalue weighted by Crippen LogP contribution is -2.31. The van der Waals surface area contributed by atoms with Crippen molar-refractivity contribution in [2.75, 3.05) is 33.9 Å². The number of hydrogen-bond donors (Lipinski definition) is 0. The van der Waals surface area contributed by atoms with Gasteiger partial charge in [-0.15, -0.1) is 11.3 Å². The predicted molar refractivity (Wildman–Crippen MR) is 109 cm³/mol. The Morgan fingerprint density at radius 3 is 2.24 bits per heavy atom. The fraction of sp³-hybridized carbons (Fsp3) is 0.476. The summed E-state index contributed by atoms with van der Waals surface area (Å²) >= 11 is 1.53. The Bertz CT molecular complexity index is 823. The Hall–Kier alpha value is -2.61. The van der Waals surface area contributed by atoms with Crippen LogP contribution in [0.1, 0.15) is 34.9 Å². The topological polar surface area (TPSA) is 76.2 Å². The fourth-order valence-electron chi connectivity index (χ4n) is 3.72. The third-order valence-corrected chi connectivity index (χ3v) is 6.20. The van der Waals surface area contributed by atoms with E-state index in [4.69, 9.17) is 9.47 Å². The van der Waals surface area contributed by atoms with Crippen LogP contribution in [0.2, 0.25) is 0 Å². The highest BCUT2D eigenvalue weighted by Crippen LogP contribution is 2.40. The normalized spacial score (nSPS) is 17.3. The fourth-order valence-corrected chi connectivity index (χ4v) is 4.73. The summed E-state index contributed by atoms with van der Waals surface area (Å²) in [5.41, 5.74) is 0.795. The van der Waals surface area contributed by atoms with Crippen LogP contribution in [-0.4, -0.2) is 61.5 Å². The molecule has 0 bridgehead atoms. The van der Waals surface area contributed by atoms with Crippen molar-refractivity contribution in [2.45, 2.75) is 32.1 Å². The number of nitrogens with zero attached hydrogens (tertiary/aromatic N) is 2. The standard InChI is InChI=1S/C21H26N2O5S/c1-14-7-8-17(29-14)19-15(20(25)27-2)12-22(13-16(19)21(26)28-3)9-5-11-23-10-4-6-18(23)24/h7-8,12-13,19H,4-6,9-11H2,1-3H3. The maximum atomic E-state index is 12.5. The minimum absolute atomic E-state index is 0.188. The van der Waals surface area contributed by atoms with Crippen LogP contribution < -0.4 is 0 Å². The maximum Gasteiger partial charge on any atom is 0.336 e. The van der Waals surface area contributed by atoms with E-state index in [0.29, 0.717) is 30.7 Å². The number of thiophene rings is 1. The average molecular weight is 419 g/mol. The van der Waals surface area contributed by atoms with Gasteiger partial charge < -0.3 is 19.3 Å². The van der Waals surface area contributed by atoms with Crippen molar-refractivity contribution in [2.24, 2.45) is 0 Å². The number of rotatable bonds is 7. The molecule has 1 amide bonds. The summed E-state index contributed by atoms with van der Waals surface area (Å²) in [5.74, 6) is -1.29. The summed E-state index contributed by atoms with van der Waals surface area (Å²) in [4.78, 5) is 42.5. The molecule has 8 heteroatoms. The van der Waals surface area contributed by atoms with E-state index in [9.17, 15) is 14.4 Å². The zero-order valence-corrected chi connectivity index (χ0v) is 17.8. The molecule has 0 aliphatic carbocycles. The molecule has 1 aromatic heterocycles. The highest BCUT2D eigenvalue weighted by molar-refractivity contribution is 7.12. The molecule has 0 unspecified atom stereocenters. The SMILES string of the molecule is COC(=O)C1=CN(CCCN2CCCC2=O)C=C(C(=O)OC)C1c1ccc(C)s1. The van der Waals surface area contributed by atoms with Gasteiger partial charge in [0.15, 0.2) is 0 Å². The number of carbonyl (C=O) groups is 3. The second-order valence-corrected chi connectivity index (χ2v) is 8.43. The number of likely N-dealkylation sites (tertiary alicyclic amines) is 1. The number of methoxy groups -OCH3 is 2. The molecule has 0 saturated carbocycles. The number of aryl methyl sites for hydroxylation is 1. The van der Waals surface area contributed by atoms with Gasteiger partial charge in [-0.2, -0.15) is 0 Å². The van der Waals surface area contributed by atoms with Crippen molar-refractivity contribution in [1.82, 2.24) is 9.80 Å². The van der Waals surface area contributed by atoms with Gasteiger partial charge in [0.2, 0.25) is 5.91 Å². The van der Waals surface area contributed by atoms with E-state index in [0.717, 1.165) is 29.1 Å². The highest BCUT2D eigenvalue weighted by atomic mass is 32.1. The van der Waals surface area contributed by atoms with Gasteiger partial charge in [0.1, 0.15) is 0 Å². The molecule has 0 N–H and O–H groups in total. The van der Waals surface area contributed by atoms with Crippen LogP contribution >= 0.6 is 11.3 Å². The van der Waals surface area contributed by atoms with Gasteiger partial charge in [-0.1, -0.05) is 0 Å². The summed E-state index contributed by atoms with van der Waals surface area (Å²) < 4.78 is 9.99. The highest BCUT2D eigenvalue weighted by Gasteiger charge is 2.36. The molecule has 0 spiro atoms. The molecule has 1 fully saturated rings. The predicted octanol–water partition coefficient (Wildman–Crippen LogP) is 2.58. The van der Waals surface area contributed by atoms with Crippen LogP contribution in [0.3, 0.4) is 0 Å². The lowest BCUT2D eigenvalue weighted by Gasteiger charge is -2.29. The number of amides is 1. The summed E-state index contributed by atoms with van der Waals surface area (Å²) in [7, 11) is 2.67. The molecular formula is C21H26N2O5S. The Kier molecular flexibility index (Phi) is 6.74. The van der Waals surface area contributed by atoms with E-state index in [1.165, 1.54) is 25.6 Å². The molecule has 29 heavy (non-hydrogen) atoms. The second kappa shape index (κ2) is 9.26. The molecular weight excluding hydrogens is 392 g/mol. The molecule has 2 aliphatic heterocycles. The Morgan fingerprint density at radius 2 is 1.76 bits per heavy atom. The van der Waals surface area contributed by atoms with Crippen LogP contribution in [0.15, 0.2) is 35.7 Å². The molecule has 2 aliphatic rings. The molecule has 0 atom stereocenters. The van der Waals surface area contributed by atoms with Crippen LogP contribution in [-0.2, 0) is 23.9 Å². The second-order valence-electron chi connectivity index (χ2n) is 7.11. The van der Waals surface area contributed by atoms with Gasteiger partial charge >= 0.3 is 11.9 Å². The zero-order chi connectivity index (χ0) is 21.0. The van der Waals surface area contributed by atoms with Crippen molar-refractivity contribution in [1.29, 1.82) is 0 Å². The third kappa shape index (κ3) is 4.70. The van der Waals surface area contributed by atoms with Crippen LogP contribution in [0.25, 0.3) is 0 Å². The van der Waals surface area contributed by atoms with Crippen LogP contribution in [0.4, 0.5) is 0 Å². The summed E-state index contributed by atoms with van der Waals surface area (Å²) in [6.45, 7) is 4.00. The molecule has 0 aromatic carbocycles. The van der Waals surface area contributed by atoms with Crippen molar-refractivity contribution in [3.05, 3.63) is 45.4 Å². The van der Waals surface area contributed by atoms with E-state index in [1.807, 2.05) is 28.9 Å². The maximum absolute atomic E-state index is 12.5. The van der Waals surface area contributed by atoms with Gasteiger partial charge in [0.05, 0.1) is 31.3 Å². The van der Waals surface area contributed by atoms with Crippen molar-refractivity contribution >= 4 is 29.2 Å². The van der Waals surface area contributed by atoms with E-state index in [1.54, 1.807) is 12.4 Å². The number of esters is 2. The van der Waals surface area contributed by atoms with Crippen molar-refractivity contribution in [3.63, 3.8) is 0 Å². The summed E-state index contributed by atoms with van der Waals surface area (Å²) in [5, 5.41) is 0. The first-order valence-corrected chi connectivity index (χ1v) is 10.5. The minimum atomic E-state index is -0.523. The molecule has 3 heterocycles. The van der Waals surface area contributed by atoms with E-state index in [2.05, 4.69) is 0 Å². The van der Waals surface area contributed by atoms with Gasteiger partial charge in [-0.25, -0.2) is 9.59 Å². The first-order chi connectivity index (χ1) is 13.9.